The fourth-order valence-electron chi connectivity index (χ4n) is 2.25. The Morgan fingerprint density at radius 1 is 1.04 bits per heavy atom. The third kappa shape index (κ3) is 4.57. The predicted molar refractivity (Wildman–Crippen MR) is 96.0 cm³/mol. The summed E-state index contributed by atoms with van der Waals surface area (Å²) >= 11 is 0. The van der Waals surface area contributed by atoms with Crippen LogP contribution in [0.15, 0.2) is 72.9 Å². The second-order valence-corrected chi connectivity index (χ2v) is 5.35. The molecule has 0 aliphatic carbocycles. The number of anilines is 1. The summed E-state index contributed by atoms with van der Waals surface area (Å²) in [5, 5.41) is 2.80. The van der Waals surface area contributed by atoms with Crippen LogP contribution >= 0.6 is 0 Å². The van der Waals surface area contributed by atoms with Crippen LogP contribution in [0.1, 0.15) is 15.9 Å². The monoisotopic (exact) mass is 334 g/mol. The minimum absolute atomic E-state index is 0.225. The summed E-state index contributed by atoms with van der Waals surface area (Å²) in [6, 6.07) is 20.4. The van der Waals surface area contributed by atoms with Gasteiger partial charge in [0, 0.05) is 11.6 Å². The third-order valence-electron chi connectivity index (χ3n) is 3.55. The molecule has 5 nitrogen and oxygen atoms in total. The standard InChI is InChI=1S/C20H18N2O3/c1-24-19-11-10-17(13-21-19)22-20(23)16-8-5-9-18(12-16)25-14-15-6-3-2-4-7-15/h2-13H,14H2,1H3,(H,22,23). The van der Waals surface area contributed by atoms with E-state index in [2.05, 4.69) is 10.3 Å². The average Bonchev–Trinajstić information content (AvgIpc) is 2.68. The van der Waals surface area contributed by atoms with Crippen molar-refractivity contribution in [3.05, 3.63) is 84.1 Å². The number of amides is 1. The van der Waals surface area contributed by atoms with Gasteiger partial charge in [-0.25, -0.2) is 4.98 Å². The first-order chi connectivity index (χ1) is 12.2. The van der Waals surface area contributed by atoms with E-state index < -0.39 is 0 Å². The van der Waals surface area contributed by atoms with Crippen molar-refractivity contribution in [2.45, 2.75) is 6.61 Å². The predicted octanol–water partition coefficient (Wildman–Crippen LogP) is 3.92. The summed E-state index contributed by atoms with van der Waals surface area (Å²) < 4.78 is 10.8. The number of hydrogen-bond acceptors (Lipinski definition) is 4. The molecule has 1 aromatic heterocycles. The Morgan fingerprint density at radius 2 is 1.88 bits per heavy atom. The van der Waals surface area contributed by atoms with Crippen molar-refractivity contribution in [2.24, 2.45) is 0 Å². The number of carbonyl (C=O) groups excluding carboxylic acids is 1. The minimum Gasteiger partial charge on any atom is -0.489 e. The molecule has 0 aliphatic heterocycles. The lowest BCUT2D eigenvalue weighted by Crippen LogP contribution is -2.12. The lowest BCUT2D eigenvalue weighted by molar-refractivity contribution is 0.102. The van der Waals surface area contributed by atoms with Gasteiger partial charge in [0.1, 0.15) is 12.4 Å². The number of nitrogens with zero attached hydrogens (tertiary/aromatic N) is 1. The minimum atomic E-state index is -0.225. The Kier molecular flexibility index (Phi) is 5.26. The number of hydrogen-bond donors (Lipinski definition) is 1. The first kappa shape index (κ1) is 16.5. The summed E-state index contributed by atoms with van der Waals surface area (Å²) in [4.78, 5) is 16.4. The molecule has 126 valence electrons. The summed E-state index contributed by atoms with van der Waals surface area (Å²) in [7, 11) is 1.54. The first-order valence-corrected chi connectivity index (χ1v) is 7.83. The summed E-state index contributed by atoms with van der Waals surface area (Å²) in [6.07, 6.45) is 1.55. The van der Waals surface area contributed by atoms with E-state index in [0.717, 1.165) is 5.56 Å². The van der Waals surface area contributed by atoms with Crippen molar-refractivity contribution in [1.29, 1.82) is 0 Å². The van der Waals surface area contributed by atoms with Gasteiger partial charge < -0.3 is 14.8 Å². The third-order valence-corrected chi connectivity index (χ3v) is 3.55. The Balaban J connectivity index is 1.64. The lowest BCUT2D eigenvalue weighted by Gasteiger charge is -2.09. The van der Waals surface area contributed by atoms with Crippen LogP contribution < -0.4 is 14.8 Å². The Labute approximate surface area is 146 Å². The molecule has 0 spiro atoms. The van der Waals surface area contributed by atoms with Gasteiger partial charge in [-0.2, -0.15) is 0 Å². The van der Waals surface area contributed by atoms with E-state index in [1.807, 2.05) is 36.4 Å². The van der Waals surface area contributed by atoms with Crippen molar-refractivity contribution in [3.63, 3.8) is 0 Å². The van der Waals surface area contributed by atoms with Gasteiger partial charge >= 0.3 is 0 Å². The zero-order valence-electron chi connectivity index (χ0n) is 13.8. The van der Waals surface area contributed by atoms with Gasteiger partial charge in [-0.05, 0) is 29.8 Å². The number of nitrogens with one attached hydrogen (secondary N) is 1. The number of methoxy groups -OCH3 is 1. The highest BCUT2D eigenvalue weighted by Gasteiger charge is 2.08. The van der Waals surface area contributed by atoms with Gasteiger partial charge in [-0.1, -0.05) is 36.4 Å². The van der Waals surface area contributed by atoms with Gasteiger partial charge in [-0.3, -0.25) is 4.79 Å². The molecule has 5 heteroatoms. The quantitative estimate of drug-likeness (QED) is 0.742. The molecular weight excluding hydrogens is 316 g/mol. The number of aromatic nitrogens is 1. The van der Waals surface area contributed by atoms with E-state index in [9.17, 15) is 4.79 Å². The second-order valence-electron chi connectivity index (χ2n) is 5.35. The number of pyridine rings is 1. The largest absolute Gasteiger partial charge is 0.489 e. The lowest BCUT2D eigenvalue weighted by atomic mass is 10.2. The van der Waals surface area contributed by atoms with Crippen LogP contribution in [0.2, 0.25) is 0 Å². The summed E-state index contributed by atoms with van der Waals surface area (Å²) in [6.45, 7) is 0.453. The first-order valence-electron chi connectivity index (χ1n) is 7.83. The van der Waals surface area contributed by atoms with Crippen molar-refractivity contribution < 1.29 is 14.3 Å². The number of carbonyl (C=O) groups is 1. The molecule has 0 saturated carbocycles. The molecule has 3 aromatic rings. The molecule has 0 fully saturated rings. The van der Waals surface area contributed by atoms with E-state index >= 15 is 0 Å². The highest BCUT2D eigenvalue weighted by Crippen LogP contribution is 2.17. The van der Waals surface area contributed by atoms with E-state index in [4.69, 9.17) is 9.47 Å². The van der Waals surface area contributed by atoms with E-state index in [1.165, 1.54) is 0 Å². The van der Waals surface area contributed by atoms with Crippen molar-refractivity contribution in [2.75, 3.05) is 12.4 Å². The Morgan fingerprint density at radius 3 is 2.60 bits per heavy atom. The van der Waals surface area contributed by atoms with Gasteiger partial charge in [-0.15, -0.1) is 0 Å². The number of rotatable bonds is 6. The molecule has 2 aromatic carbocycles. The van der Waals surface area contributed by atoms with Crippen molar-refractivity contribution in [1.82, 2.24) is 4.98 Å². The van der Waals surface area contributed by atoms with Gasteiger partial charge in [0.05, 0.1) is 19.0 Å². The molecule has 1 N–H and O–H groups in total. The molecule has 25 heavy (non-hydrogen) atoms. The normalized spacial score (nSPS) is 10.1. The SMILES string of the molecule is COc1ccc(NC(=O)c2cccc(OCc3ccccc3)c2)cn1. The van der Waals surface area contributed by atoms with Crippen LogP contribution in [-0.4, -0.2) is 18.0 Å². The van der Waals surface area contributed by atoms with E-state index in [-0.39, 0.29) is 5.91 Å². The van der Waals surface area contributed by atoms with Crippen LogP contribution in [0.4, 0.5) is 5.69 Å². The van der Waals surface area contributed by atoms with Gasteiger partial charge in [0.25, 0.3) is 5.91 Å². The molecule has 0 aliphatic rings. The second kappa shape index (κ2) is 7.97. The summed E-state index contributed by atoms with van der Waals surface area (Å²) in [5.74, 6) is 0.913. The van der Waals surface area contributed by atoms with Crippen LogP contribution in [0, 0.1) is 0 Å². The fraction of sp³-hybridized carbons (Fsp3) is 0.100. The highest BCUT2D eigenvalue weighted by molar-refractivity contribution is 6.04. The van der Waals surface area contributed by atoms with Crippen LogP contribution in [0.3, 0.4) is 0 Å². The average molecular weight is 334 g/mol. The fourth-order valence-corrected chi connectivity index (χ4v) is 2.25. The molecule has 0 saturated heterocycles. The molecule has 1 heterocycles. The van der Waals surface area contributed by atoms with Gasteiger partial charge in [0.2, 0.25) is 5.88 Å². The zero-order valence-corrected chi connectivity index (χ0v) is 13.8. The zero-order chi connectivity index (χ0) is 17.5. The highest BCUT2D eigenvalue weighted by atomic mass is 16.5. The molecule has 0 radical (unpaired) electrons. The Bertz CT molecular complexity index is 833. The molecule has 1 amide bonds. The van der Waals surface area contributed by atoms with Crippen LogP contribution in [-0.2, 0) is 6.61 Å². The maximum absolute atomic E-state index is 12.4. The maximum atomic E-state index is 12.4. The summed E-state index contributed by atoms with van der Waals surface area (Å²) in [5.41, 5.74) is 2.18. The molecule has 0 atom stereocenters. The topological polar surface area (TPSA) is 60.5 Å². The molecule has 3 rings (SSSR count). The van der Waals surface area contributed by atoms with Crippen LogP contribution in [0.25, 0.3) is 0 Å². The van der Waals surface area contributed by atoms with E-state index in [1.54, 1.807) is 43.6 Å². The number of benzene rings is 2. The van der Waals surface area contributed by atoms with Crippen molar-refractivity contribution >= 4 is 11.6 Å². The Hall–Kier alpha value is -3.34. The molecule has 0 unspecified atom stereocenters. The van der Waals surface area contributed by atoms with Crippen molar-refractivity contribution in [3.8, 4) is 11.6 Å². The van der Waals surface area contributed by atoms with Crippen LogP contribution in [0.5, 0.6) is 11.6 Å². The number of ether oxygens (including phenoxy) is 2. The maximum Gasteiger partial charge on any atom is 0.255 e. The van der Waals surface area contributed by atoms with Gasteiger partial charge in [0.15, 0.2) is 0 Å². The molecule has 0 bridgehead atoms. The smallest absolute Gasteiger partial charge is 0.255 e. The molecular formula is C20H18N2O3. The van der Waals surface area contributed by atoms with E-state index in [0.29, 0.717) is 29.5 Å².